The molecule has 1 aliphatic carbocycles. The molecule has 1 N–H and O–H groups in total. The fourth-order valence-electron chi connectivity index (χ4n) is 4.18. The SMILES string of the molecule is Cc1c(C(=O)NCc2ccccc2)nc(C2CCCCC2)nc1-c1ccc([N+](=O)[O-])cc1. The molecule has 0 saturated heterocycles. The summed E-state index contributed by atoms with van der Waals surface area (Å²) in [6.07, 6.45) is 5.48. The second-order valence-corrected chi connectivity index (χ2v) is 8.21. The number of nitro benzene ring substituents is 1. The molecule has 0 bridgehead atoms. The maximum absolute atomic E-state index is 13.1. The lowest BCUT2D eigenvalue weighted by Gasteiger charge is -2.22. The molecule has 0 atom stereocenters. The van der Waals surface area contributed by atoms with Crippen LogP contribution in [0.25, 0.3) is 11.3 Å². The Hall–Kier alpha value is -3.61. The predicted molar refractivity (Wildman–Crippen MR) is 122 cm³/mol. The number of carbonyl (C=O) groups is 1. The molecule has 7 heteroatoms. The zero-order valence-electron chi connectivity index (χ0n) is 18.1. The summed E-state index contributed by atoms with van der Waals surface area (Å²) < 4.78 is 0. The van der Waals surface area contributed by atoms with Crippen LogP contribution in [0.15, 0.2) is 54.6 Å². The average molecular weight is 431 g/mol. The number of hydrogen-bond donors (Lipinski definition) is 1. The van der Waals surface area contributed by atoms with E-state index in [-0.39, 0.29) is 17.5 Å². The molecule has 164 valence electrons. The number of amides is 1. The summed E-state index contributed by atoms with van der Waals surface area (Å²) in [6.45, 7) is 2.24. The predicted octanol–water partition coefficient (Wildman–Crippen LogP) is 5.34. The van der Waals surface area contributed by atoms with Crippen LogP contribution in [0, 0.1) is 17.0 Å². The lowest BCUT2D eigenvalue weighted by atomic mass is 9.88. The van der Waals surface area contributed by atoms with Gasteiger partial charge in [-0.05, 0) is 37.5 Å². The molecule has 7 nitrogen and oxygen atoms in total. The highest BCUT2D eigenvalue weighted by molar-refractivity contribution is 5.95. The molecular weight excluding hydrogens is 404 g/mol. The van der Waals surface area contributed by atoms with E-state index >= 15 is 0 Å². The van der Waals surface area contributed by atoms with Crippen molar-refractivity contribution in [3.63, 3.8) is 0 Å². The van der Waals surface area contributed by atoms with E-state index < -0.39 is 4.92 Å². The minimum Gasteiger partial charge on any atom is -0.347 e. The third-order valence-corrected chi connectivity index (χ3v) is 6.00. The van der Waals surface area contributed by atoms with Crippen LogP contribution in [0.3, 0.4) is 0 Å². The Morgan fingerprint density at radius 2 is 1.72 bits per heavy atom. The Bertz CT molecular complexity index is 1110. The van der Waals surface area contributed by atoms with Gasteiger partial charge < -0.3 is 5.32 Å². The van der Waals surface area contributed by atoms with E-state index in [2.05, 4.69) is 5.32 Å². The van der Waals surface area contributed by atoms with Crippen molar-refractivity contribution < 1.29 is 9.72 Å². The van der Waals surface area contributed by atoms with Crippen molar-refractivity contribution in [2.45, 2.75) is 51.5 Å². The zero-order chi connectivity index (χ0) is 22.5. The summed E-state index contributed by atoms with van der Waals surface area (Å²) in [5, 5.41) is 14.0. The maximum atomic E-state index is 13.1. The van der Waals surface area contributed by atoms with E-state index in [4.69, 9.17) is 9.97 Å². The molecule has 1 heterocycles. The van der Waals surface area contributed by atoms with E-state index in [0.29, 0.717) is 29.3 Å². The average Bonchev–Trinajstić information content (AvgIpc) is 2.84. The van der Waals surface area contributed by atoms with Gasteiger partial charge in [-0.2, -0.15) is 0 Å². The Balaban J connectivity index is 1.70. The van der Waals surface area contributed by atoms with Crippen molar-refractivity contribution in [2.24, 2.45) is 0 Å². The van der Waals surface area contributed by atoms with Crippen molar-refractivity contribution in [1.82, 2.24) is 15.3 Å². The number of nitrogens with one attached hydrogen (secondary N) is 1. The van der Waals surface area contributed by atoms with E-state index in [9.17, 15) is 14.9 Å². The number of benzene rings is 2. The number of nitrogens with zero attached hydrogens (tertiary/aromatic N) is 3. The van der Waals surface area contributed by atoms with Gasteiger partial charge in [0.25, 0.3) is 11.6 Å². The van der Waals surface area contributed by atoms with Gasteiger partial charge in [-0.25, -0.2) is 9.97 Å². The molecule has 1 fully saturated rings. The minimum atomic E-state index is -0.424. The normalized spacial score (nSPS) is 14.2. The molecule has 1 saturated carbocycles. The number of non-ortho nitro benzene ring substituents is 1. The third-order valence-electron chi connectivity index (χ3n) is 6.00. The minimum absolute atomic E-state index is 0.0220. The van der Waals surface area contributed by atoms with Gasteiger partial charge in [0.15, 0.2) is 0 Å². The van der Waals surface area contributed by atoms with Crippen LogP contribution >= 0.6 is 0 Å². The summed E-state index contributed by atoms with van der Waals surface area (Å²) >= 11 is 0. The van der Waals surface area contributed by atoms with Gasteiger partial charge in [0.2, 0.25) is 0 Å². The quantitative estimate of drug-likeness (QED) is 0.420. The Kier molecular flexibility index (Phi) is 6.54. The molecule has 0 aliphatic heterocycles. The van der Waals surface area contributed by atoms with Gasteiger partial charge in [0, 0.05) is 35.7 Å². The van der Waals surface area contributed by atoms with Gasteiger partial charge in [-0.15, -0.1) is 0 Å². The molecule has 1 aliphatic rings. The fourth-order valence-corrected chi connectivity index (χ4v) is 4.18. The standard InChI is InChI=1S/C25H26N4O3/c1-17-22(19-12-14-21(15-13-19)29(31)32)27-24(20-10-6-3-7-11-20)28-23(17)25(30)26-16-18-8-4-2-5-9-18/h2,4-5,8-9,12-15,20H,3,6-7,10-11,16H2,1H3,(H,26,30). The van der Waals surface area contributed by atoms with E-state index in [0.717, 1.165) is 36.8 Å². The molecule has 0 unspecified atom stereocenters. The van der Waals surface area contributed by atoms with Crippen molar-refractivity contribution >= 4 is 11.6 Å². The summed E-state index contributed by atoms with van der Waals surface area (Å²) in [5.41, 5.74) is 3.46. The number of nitro groups is 1. The highest BCUT2D eigenvalue weighted by Gasteiger charge is 2.24. The lowest BCUT2D eigenvalue weighted by Crippen LogP contribution is -2.26. The van der Waals surface area contributed by atoms with Gasteiger partial charge in [0.05, 0.1) is 10.6 Å². The van der Waals surface area contributed by atoms with Crippen LogP contribution in [0.4, 0.5) is 5.69 Å². The van der Waals surface area contributed by atoms with E-state index in [1.165, 1.54) is 18.6 Å². The molecule has 1 amide bonds. The fraction of sp³-hybridized carbons (Fsp3) is 0.320. The molecule has 1 aromatic heterocycles. The number of rotatable bonds is 6. The van der Waals surface area contributed by atoms with Crippen molar-refractivity contribution in [3.05, 3.63) is 87.4 Å². The second kappa shape index (κ2) is 9.68. The van der Waals surface area contributed by atoms with E-state index in [1.54, 1.807) is 12.1 Å². The highest BCUT2D eigenvalue weighted by Crippen LogP contribution is 2.33. The molecule has 32 heavy (non-hydrogen) atoms. The third kappa shape index (κ3) is 4.82. The van der Waals surface area contributed by atoms with Crippen molar-refractivity contribution in [2.75, 3.05) is 0 Å². The monoisotopic (exact) mass is 430 g/mol. The van der Waals surface area contributed by atoms with Gasteiger partial charge in [0.1, 0.15) is 11.5 Å². The van der Waals surface area contributed by atoms with Crippen LogP contribution in [-0.2, 0) is 6.54 Å². The summed E-state index contributed by atoms with van der Waals surface area (Å²) in [6, 6.07) is 16.0. The molecule has 3 aromatic rings. The lowest BCUT2D eigenvalue weighted by molar-refractivity contribution is -0.384. The van der Waals surface area contributed by atoms with Gasteiger partial charge in [-0.3, -0.25) is 14.9 Å². The Labute approximate surface area is 187 Å². The van der Waals surface area contributed by atoms with Crippen LogP contribution in [0.2, 0.25) is 0 Å². The molecule has 4 rings (SSSR count). The first-order chi connectivity index (χ1) is 15.5. The first-order valence-corrected chi connectivity index (χ1v) is 11.0. The van der Waals surface area contributed by atoms with Gasteiger partial charge >= 0.3 is 0 Å². The van der Waals surface area contributed by atoms with Crippen molar-refractivity contribution in [3.8, 4) is 11.3 Å². The second-order valence-electron chi connectivity index (χ2n) is 8.21. The molecule has 0 radical (unpaired) electrons. The summed E-state index contributed by atoms with van der Waals surface area (Å²) in [4.78, 5) is 33.3. The first-order valence-electron chi connectivity index (χ1n) is 11.0. The zero-order valence-corrected chi connectivity index (χ0v) is 18.1. The Morgan fingerprint density at radius 3 is 2.38 bits per heavy atom. The molecule has 0 spiro atoms. The largest absolute Gasteiger partial charge is 0.347 e. The smallest absolute Gasteiger partial charge is 0.270 e. The van der Waals surface area contributed by atoms with Crippen LogP contribution in [0.1, 0.15) is 65.5 Å². The van der Waals surface area contributed by atoms with Crippen LogP contribution < -0.4 is 5.32 Å². The van der Waals surface area contributed by atoms with Crippen LogP contribution in [-0.4, -0.2) is 20.8 Å². The number of hydrogen-bond acceptors (Lipinski definition) is 5. The van der Waals surface area contributed by atoms with E-state index in [1.807, 2.05) is 37.3 Å². The molecule has 2 aromatic carbocycles. The first kappa shape index (κ1) is 21.6. The summed E-state index contributed by atoms with van der Waals surface area (Å²) in [5.74, 6) is 0.671. The Morgan fingerprint density at radius 1 is 1.03 bits per heavy atom. The number of carbonyl (C=O) groups excluding carboxylic acids is 1. The number of aromatic nitrogens is 2. The van der Waals surface area contributed by atoms with Crippen molar-refractivity contribution in [1.29, 1.82) is 0 Å². The van der Waals surface area contributed by atoms with Crippen LogP contribution in [0.5, 0.6) is 0 Å². The topological polar surface area (TPSA) is 98.0 Å². The molecular formula is C25H26N4O3. The highest BCUT2D eigenvalue weighted by atomic mass is 16.6. The summed E-state index contributed by atoms with van der Waals surface area (Å²) in [7, 11) is 0. The maximum Gasteiger partial charge on any atom is 0.270 e. The van der Waals surface area contributed by atoms with Gasteiger partial charge in [-0.1, -0.05) is 49.6 Å².